The first-order valence-corrected chi connectivity index (χ1v) is 7.51. The number of likely N-dealkylation sites (tertiary alicyclic amines) is 1. The number of hydrogen-bond acceptors (Lipinski definition) is 4. The number of hydrogen-bond donors (Lipinski definition) is 2. The summed E-state index contributed by atoms with van der Waals surface area (Å²) in [5.74, 6) is -0.0252. The van der Waals surface area contributed by atoms with Gasteiger partial charge < -0.3 is 15.5 Å². The van der Waals surface area contributed by atoms with Gasteiger partial charge in [0.05, 0.1) is 13.1 Å². The molecule has 0 spiro atoms. The van der Waals surface area contributed by atoms with Crippen LogP contribution in [0.25, 0.3) is 0 Å². The van der Waals surface area contributed by atoms with Gasteiger partial charge in [-0.2, -0.15) is 0 Å². The third kappa shape index (κ3) is 4.76. The van der Waals surface area contributed by atoms with E-state index in [2.05, 4.69) is 15.5 Å². The second kappa shape index (κ2) is 7.04. The van der Waals surface area contributed by atoms with Crippen molar-refractivity contribution >= 4 is 11.8 Å². The lowest BCUT2D eigenvalue weighted by atomic mass is 10.1. The van der Waals surface area contributed by atoms with E-state index in [4.69, 9.17) is 0 Å². The molecule has 0 bridgehead atoms. The van der Waals surface area contributed by atoms with Crippen LogP contribution in [0.2, 0.25) is 0 Å². The molecule has 1 unspecified atom stereocenters. The Balaban J connectivity index is 1.70. The highest BCUT2D eigenvalue weighted by atomic mass is 16.2. The maximum atomic E-state index is 12.1. The second-order valence-electron chi connectivity index (χ2n) is 5.95. The normalized spacial score (nSPS) is 23.4. The number of likely N-dealkylation sites (N-methyl/N-ethyl adjacent to an activating group) is 2. The van der Waals surface area contributed by atoms with Crippen LogP contribution in [0, 0.1) is 0 Å². The third-order valence-electron chi connectivity index (χ3n) is 4.02. The fourth-order valence-corrected chi connectivity index (χ4v) is 2.55. The maximum absolute atomic E-state index is 12.1. The van der Waals surface area contributed by atoms with Crippen LogP contribution in [0.3, 0.4) is 0 Å². The molecule has 1 heterocycles. The molecule has 2 aliphatic rings. The van der Waals surface area contributed by atoms with Crippen LogP contribution in [0.4, 0.5) is 0 Å². The van der Waals surface area contributed by atoms with Crippen LogP contribution in [0.1, 0.15) is 25.7 Å². The van der Waals surface area contributed by atoms with Gasteiger partial charge in [-0.15, -0.1) is 0 Å². The van der Waals surface area contributed by atoms with Crippen LogP contribution < -0.4 is 10.6 Å². The minimum atomic E-state index is -0.0462. The first kappa shape index (κ1) is 15.3. The Kier molecular flexibility index (Phi) is 5.37. The zero-order valence-electron chi connectivity index (χ0n) is 12.5. The summed E-state index contributed by atoms with van der Waals surface area (Å²) >= 11 is 0. The maximum Gasteiger partial charge on any atom is 0.239 e. The van der Waals surface area contributed by atoms with Crippen LogP contribution in [-0.4, -0.2) is 74.0 Å². The lowest BCUT2D eigenvalue weighted by Crippen LogP contribution is -2.49. The summed E-state index contributed by atoms with van der Waals surface area (Å²) in [4.78, 5) is 27.5. The Labute approximate surface area is 120 Å². The van der Waals surface area contributed by atoms with Crippen LogP contribution >= 0.6 is 0 Å². The van der Waals surface area contributed by atoms with Gasteiger partial charge in [0, 0.05) is 25.7 Å². The molecule has 0 aromatic rings. The largest absolute Gasteiger partial charge is 0.352 e. The molecule has 1 atom stereocenters. The Bertz CT molecular complexity index is 357. The first-order chi connectivity index (χ1) is 9.58. The highest BCUT2D eigenvalue weighted by Gasteiger charge is 2.25. The molecule has 0 aromatic heterocycles. The van der Waals surface area contributed by atoms with Crippen molar-refractivity contribution in [1.29, 1.82) is 0 Å². The van der Waals surface area contributed by atoms with Crippen molar-refractivity contribution in [3.8, 4) is 0 Å². The predicted octanol–water partition coefficient (Wildman–Crippen LogP) is -0.593. The molecule has 1 saturated heterocycles. The standard InChI is InChI=1S/C14H26N4O2/c1-15-12-4-3-7-18(8-12)10-14(20)17(2)9-13(19)16-11-5-6-11/h11-12,15H,3-10H2,1-2H3,(H,16,19). The Morgan fingerprint density at radius 2 is 2.00 bits per heavy atom. The molecule has 1 aliphatic carbocycles. The van der Waals surface area contributed by atoms with Crippen molar-refractivity contribution in [2.75, 3.05) is 40.3 Å². The highest BCUT2D eigenvalue weighted by Crippen LogP contribution is 2.18. The summed E-state index contributed by atoms with van der Waals surface area (Å²) in [7, 11) is 3.67. The smallest absolute Gasteiger partial charge is 0.239 e. The molecule has 2 rings (SSSR count). The van der Waals surface area contributed by atoms with Gasteiger partial charge in [-0.1, -0.05) is 0 Å². The van der Waals surface area contributed by atoms with Crippen LogP contribution in [0.5, 0.6) is 0 Å². The Morgan fingerprint density at radius 1 is 1.25 bits per heavy atom. The van der Waals surface area contributed by atoms with Crippen molar-refractivity contribution in [2.45, 2.75) is 37.8 Å². The summed E-state index contributed by atoms with van der Waals surface area (Å²) < 4.78 is 0. The fourth-order valence-electron chi connectivity index (χ4n) is 2.55. The molecular weight excluding hydrogens is 256 g/mol. The van der Waals surface area contributed by atoms with Crippen LogP contribution in [-0.2, 0) is 9.59 Å². The zero-order chi connectivity index (χ0) is 14.5. The molecular formula is C14H26N4O2. The topological polar surface area (TPSA) is 64.7 Å². The van der Waals surface area contributed by atoms with E-state index in [-0.39, 0.29) is 18.4 Å². The molecule has 1 saturated carbocycles. The molecule has 6 heteroatoms. The average Bonchev–Trinajstić information content (AvgIpc) is 3.22. The number of carbonyl (C=O) groups excluding carboxylic acids is 2. The molecule has 0 radical (unpaired) electrons. The number of nitrogens with zero attached hydrogens (tertiary/aromatic N) is 2. The average molecular weight is 282 g/mol. The molecule has 0 aromatic carbocycles. The van der Waals surface area contributed by atoms with Crippen molar-refractivity contribution in [1.82, 2.24) is 20.4 Å². The van der Waals surface area contributed by atoms with E-state index in [0.29, 0.717) is 18.6 Å². The van der Waals surface area contributed by atoms with E-state index in [1.165, 1.54) is 11.3 Å². The quantitative estimate of drug-likeness (QED) is 0.683. The number of piperidine rings is 1. The number of nitrogens with one attached hydrogen (secondary N) is 2. The Hall–Kier alpha value is -1.14. The van der Waals surface area contributed by atoms with Crippen molar-refractivity contribution in [3.05, 3.63) is 0 Å². The Morgan fingerprint density at radius 3 is 2.65 bits per heavy atom. The van der Waals surface area contributed by atoms with Gasteiger partial charge in [0.1, 0.15) is 0 Å². The molecule has 2 amide bonds. The summed E-state index contributed by atoms with van der Waals surface area (Å²) in [6, 6.07) is 0.824. The molecule has 2 fully saturated rings. The molecule has 6 nitrogen and oxygen atoms in total. The summed E-state index contributed by atoms with van der Waals surface area (Å²) in [5.41, 5.74) is 0. The van der Waals surface area contributed by atoms with Crippen molar-refractivity contribution < 1.29 is 9.59 Å². The van der Waals surface area contributed by atoms with Gasteiger partial charge in [-0.3, -0.25) is 14.5 Å². The van der Waals surface area contributed by atoms with E-state index in [0.717, 1.165) is 32.4 Å². The number of amides is 2. The highest BCUT2D eigenvalue weighted by molar-refractivity contribution is 5.85. The lowest BCUT2D eigenvalue weighted by molar-refractivity contribution is -0.135. The minimum absolute atomic E-state index is 0.0210. The summed E-state index contributed by atoms with van der Waals surface area (Å²) in [5, 5.41) is 6.17. The van der Waals surface area contributed by atoms with Crippen molar-refractivity contribution in [2.24, 2.45) is 0 Å². The number of rotatable bonds is 6. The monoisotopic (exact) mass is 282 g/mol. The van der Waals surface area contributed by atoms with Gasteiger partial charge in [0.25, 0.3) is 0 Å². The van der Waals surface area contributed by atoms with Gasteiger partial charge >= 0.3 is 0 Å². The zero-order valence-corrected chi connectivity index (χ0v) is 12.5. The third-order valence-corrected chi connectivity index (χ3v) is 4.02. The van der Waals surface area contributed by atoms with Gasteiger partial charge in [0.15, 0.2) is 0 Å². The van der Waals surface area contributed by atoms with Gasteiger partial charge in [-0.25, -0.2) is 0 Å². The molecule has 114 valence electrons. The molecule has 20 heavy (non-hydrogen) atoms. The first-order valence-electron chi connectivity index (χ1n) is 7.51. The minimum Gasteiger partial charge on any atom is -0.352 e. The molecule has 2 N–H and O–H groups in total. The van der Waals surface area contributed by atoms with E-state index >= 15 is 0 Å². The van der Waals surface area contributed by atoms with Crippen LogP contribution in [0.15, 0.2) is 0 Å². The summed E-state index contributed by atoms with van der Waals surface area (Å²) in [6.07, 6.45) is 4.43. The van der Waals surface area contributed by atoms with E-state index in [9.17, 15) is 9.59 Å². The molecule has 1 aliphatic heterocycles. The van der Waals surface area contributed by atoms with Gasteiger partial charge in [-0.05, 0) is 39.3 Å². The summed E-state index contributed by atoms with van der Waals surface area (Å²) in [6.45, 7) is 2.44. The van der Waals surface area contributed by atoms with Gasteiger partial charge in [0.2, 0.25) is 11.8 Å². The van der Waals surface area contributed by atoms with E-state index in [1.54, 1.807) is 7.05 Å². The SMILES string of the molecule is CNC1CCCN(CC(=O)N(C)CC(=O)NC2CC2)C1. The fraction of sp³-hybridized carbons (Fsp3) is 0.857. The second-order valence-corrected chi connectivity index (χ2v) is 5.95. The number of carbonyl (C=O) groups is 2. The van der Waals surface area contributed by atoms with E-state index < -0.39 is 0 Å². The van der Waals surface area contributed by atoms with Crippen molar-refractivity contribution in [3.63, 3.8) is 0 Å². The van der Waals surface area contributed by atoms with E-state index in [1.807, 2.05) is 7.05 Å². The predicted molar refractivity (Wildman–Crippen MR) is 77.3 cm³/mol. The lowest BCUT2D eigenvalue weighted by Gasteiger charge is -2.32.